The third kappa shape index (κ3) is 2.88. The summed E-state index contributed by atoms with van der Waals surface area (Å²) in [6.07, 6.45) is 1.33. The molecule has 0 unspecified atom stereocenters. The van der Waals surface area contributed by atoms with E-state index in [1.807, 2.05) is 0 Å². The summed E-state index contributed by atoms with van der Waals surface area (Å²) in [4.78, 5) is 22.2. The molecule has 0 fully saturated rings. The molecule has 0 radical (unpaired) electrons. The van der Waals surface area contributed by atoms with Crippen LogP contribution in [0.3, 0.4) is 0 Å². The lowest BCUT2D eigenvalue weighted by Gasteiger charge is -2.04. The maximum absolute atomic E-state index is 11.6. The molecule has 0 saturated carbocycles. The number of nitrogens with one attached hydrogen (secondary N) is 1. The van der Waals surface area contributed by atoms with Crippen molar-refractivity contribution in [1.29, 1.82) is 0 Å². The SMILES string of the molecule is O=C(Cn1cnnn1)Nc1ccc(C(=O)O)cc1. The number of tetrazole rings is 1. The summed E-state index contributed by atoms with van der Waals surface area (Å²) in [6, 6.07) is 5.85. The number of carboxylic acids is 1. The zero-order chi connectivity index (χ0) is 13.0. The minimum atomic E-state index is -1.01. The lowest BCUT2D eigenvalue weighted by Crippen LogP contribution is -2.19. The van der Waals surface area contributed by atoms with Gasteiger partial charge in [0, 0.05) is 5.69 Å². The van der Waals surface area contributed by atoms with Crippen LogP contribution < -0.4 is 5.32 Å². The summed E-state index contributed by atoms with van der Waals surface area (Å²) in [6.45, 7) is -0.00627. The van der Waals surface area contributed by atoms with E-state index in [2.05, 4.69) is 20.8 Å². The van der Waals surface area contributed by atoms with E-state index in [1.54, 1.807) is 0 Å². The van der Waals surface area contributed by atoms with E-state index in [0.717, 1.165) is 0 Å². The Morgan fingerprint density at radius 2 is 2.00 bits per heavy atom. The van der Waals surface area contributed by atoms with Crippen LogP contribution in [-0.4, -0.2) is 37.2 Å². The Bertz CT molecular complexity index is 549. The minimum Gasteiger partial charge on any atom is -0.478 e. The highest BCUT2D eigenvalue weighted by Crippen LogP contribution is 2.09. The fourth-order valence-electron chi connectivity index (χ4n) is 1.30. The maximum Gasteiger partial charge on any atom is 0.335 e. The van der Waals surface area contributed by atoms with E-state index in [9.17, 15) is 9.59 Å². The molecular formula is C10H9N5O3. The molecule has 0 saturated heterocycles. The number of carbonyl (C=O) groups is 2. The van der Waals surface area contributed by atoms with Gasteiger partial charge in [0.1, 0.15) is 12.9 Å². The number of hydrogen-bond donors (Lipinski definition) is 2. The Morgan fingerprint density at radius 1 is 1.28 bits per heavy atom. The molecule has 1 amide bonds. The molecule has 18 heavy (non-hydrogen) atoms. The van der Waals surface area contributed by atoms with Crippen LogP contribution >= 0.6 is 0 Å². The highest BCUT2D eigenvalue weighted by molar-refractivity contribution is 5.92. The fourth-order valence-corrected chi connectivity index (χ4v) is 1.30. The number of aromatic nitrogens is 4. The van der Waals surface area contributed by atoms with E-state index < -0.39 is 5.97 Å². The molecule has 0 aliphatic rings. The van der Waals surface area contributed by atoms with Crippen molar-refractivity contribution in [3.8, 4) is 0 Å². The van der Waals surface area contributed by atoms with Gasteiger partial charge in [-0.15, -0.1) is 5.10 Å². The van der Waals surface area contributed by atoms with E-state index in [4.69, 9.17) is 5.11 Å². The number of aromatic carboxylic acids is 1. The molecule has 2 rings (SSSR count). The average molecular weight is 247 g/mol. The Hall–Kier alpha value is -2.77. The molecule has 92 valence electrons. The molecule has 0 atom stereocenters. The highest BCUT2D eigenvalue weighted by atomic mass is 16.4. The van der Waals surface area contributed by atoms with Crippen LogP contribution in [0.15, 0.2) is 30.6 Å². The zero-order valence-corrected chi connectivity index (χ0v) is 9.15. The first kappa shape index (κ1) is 11.7. The van der Waals surface area contributed by atoms with Crippen LogP contribution in [0.2, 0.25) is 0 Å². The van der Waals surface area contributed by atoms with Gasteiger partial charge in [0.25, 0.3) is 0 Å². The summed E-state index contributed by atoms with van der Waals surface area (Å²) < 4.78 is 1.28. The van der Waals surface area contributed by atoms with Crippen LogP contribution in [0.25, 0.3) is 0 Å². The van der Waals surface area contributed by atoms with Crippen LogP contribution in [0, 0.1) is 0 Å². The number of carbonyl (C=O) groups excluding carboxylic acids is 1. The lowest BCUT2D eigenvalue weighted by atomic mass is 10.2. The molecule has 1 aromatic heterocycles. The van der Waals surface area contributed by atoms with Gasteiger partial charge in [0.2, 0.25) is 5.91 Å². The van der Waals surface area contributed by atoms with Gasteiger partial charge < -0.3 is 10.4 Å². The summed E-state index contributed by atoms with van der Waals surface area (Å²) in [5, 5.41) is 21.7. The molecule has 8 nitrogen and oxygen atoms in total. The van der Waals surface area contributed by atoms with Crippen LogP contribution in [0.1, 0.15) is 10.4 Å². The molecule has 8 heteroatoms. The Kier molecular flexibility index (Phi) is 3.28. The van der Waals surface area contributed by atoms with E-state index in [-0.39, 0.29) is 18.0 Å². The van der Waals surface area contributed by atoms with Crippen molar-refractivity contribution in [2.45, 2.75) is 6.54 Å². The molecule has 0 aliphatic carbocycles. The second kappa shape index (κ2) is 5.04. The Balaban J connectivity index is 1.97. The third-order valence-electron chi connectivity index (χ3n) is 2.11. The van der Waals surface area contributed by atoms with Gasteiger partial charge in [-0.2, -0.15) is 0 Å². The third-order valence-corrected chi connectivity index (χ3v) is 2.11. The molecule has 0 spiro atoms. The number of rotatable bonds is 4. The van der Waals surface area contributed by atoms with Crippen molar-refractivity contribution < 1.29 is 14.7 Å². The molecule has 2 N–H and O–H groups in total. The van der Waals surface area contributed by atoms with E-state index in [0.29, 0.717) is 5.69 Å². The lowest BCUT2D eigenvalue weighted by molar-refractivity contribution is -0.116. The minimum absolute atomic E-state index is 0.00627. The van der Waals surface area contributed by atoms with Gasteiger partial charge in [0.05, 0.1) is 5.56 Å². The quantitative estimate of drug-likeness (QED) is 0.787. The first-order valence-corrected chi connectivity index (χ1v) is 4.99. The smallest absolute Gasteiger partial charge is 0.335 e. The van der Waals surface area contributed by atoms with Crippen molar-refractivity contribution in [2.75, 3.05) is 5.32 Å². The van der Waals surface area contributed by atoms with Gasteiger partial charge in [-0.25, -0.2) is 9.48 Å². The summed E-state index contributed by atoms with van der Waals surface area (Å²) in [7, 11) is 0. The standard InChI is InChI=1S/C10H9N5O3/c16-9(5-15-6-11-13-14-15)12-8-3-1-7(2-4-8)10(17)18/h1-4,6H,5H2,(H,12,16)(H,17,18). The Morgan fingerprint density at radius 3 is 2.56 bits per heavy atom. The van der Waals surface area contributed by atoms with Crippen molar-refractivity contribution in [1.82, 2.24) is 20.2 Å². The highest BCUT2D eigenvalue weighted by Gasteiger charge is 2.06. The molecule has 1 heterocycles. The predicted molar refractivity (Wildman–Crippen MR) is 59.8 cm³/mol. The van der Waals surface area contributed by atoms with E-state index in [1.165, 1.54) is 35.3 Å². The molecule has 0 aliphatic heterocycles. The second-order valence-electron chi connectivity index (χ2n) is 3.44. The fraction of sp³-hybridized carbons (Fsp3) is 0.100. The zero-order valence-electron chi connectivity index (χ0n) is 9.15. The summed E-state index contributed by atoms with van der Waals surface area (Å²) in [5.41, 5.74) is 0.673. The molecular weight excluding hydrogens is 238 g/mol. The van der Waals surface area contributed by atoms with Gasteiger partial charge in [-0.3, -0.25) is 4.79 Å². The first-order chi connectivity index (χ1) is 8.65. The topological polar surface area (TPSA) is 110 Å². The molecule has 0 bridgehead atoms. The predicted octanol–water partition coefficient (Wildman–Crippen LogP) is 0.01000. The van der Waals surface area contributed by atoms with Gasteiger partial charge in [-0.05, 0) is 34.7 Å². The van der Waals surface area contributed by atoms with E-state index >= 15 is 0 Å². The molecule has 2 aromatic rings. The van der Waals surface area contributed by atoms with Crippen LogP contribution in [0.5, 0.6) is 0 Å². The number of nitrogens with zero attached hydrogens (tertiary/aromatic N) is 4. The summed E-state index contributed by atoms with van der Waals surface area (Å²) >= 11 is 0. The maximum atomic E-state index is 11.6. The van der Waals surface area contributed by atoms with Crippen molar-refractivity contribution >= 4 is 17.6 Å². The van der Waals surface area contributed by atoms with Crippen molar-refractivity contribution in [3.63, 3.8) is 0 Å². The molecule has 1 aromatic carbocycles. The Labute approximate surface area is 101 Å². The van der Waals surface area contributed by atoms with Crippen molar-refractivity contribution in [3.05, 3.63) is 36.2 Å². The largest absolute Gasteiger partial charge is 0.478 e. The normalized spacial score (nSPS) is 10.0. The monoisotopic (exact) mass is 247 g/mol. The van der Waals surface area contributed by atoms with Gasteiger partial charge in [0.15, 0.2) is 0 Å². The van der Waals surface area contributed by atoms with Crippen molar-refractivity contribution in [2.24, 2.45) is 0 Å². The first-order valence-electron chi connectivity index (χ1n) is 4.99. The van der Waals surface area contributed by atoms with Crippen LogP contribution in [-0.2, 0) is 11.3 Å². The average Bonchev–Trinajstić information content (AvgIpc) is 2.82. The van der Waals surface area contributed by atoms with Gasteiger partial charge >= 0.3 is 5.97 Å². The number of anilines is 1. The second-order valence-corrected chi connectivity index (χ2v) is 3.44. The number of benzene rings is 1. The van der Waals surface area contributed by atoms with Gasteiger partial charge in [-0.1, -0.05) is 0 Å². The van der Waals surface area contributed by atoms with Crippen LogP contribution in [0.4, 0.5) is 5.69 Å². The number of hydrogen-bond acceptors (Lipinski definition) is 5. The number of carboxylic acid groups (broad SMARTS) is 1. The number of amides is 1. The summed E-state index contributed by atoms with van der Waals surface area (Å²) in [5.74, 6) is -1.31.